The van der Waals surface area contributed by atoms with Crippen LogP contribution in [0.2, 0.25) is 5.02 Å². The number of fused-ring (bicyclic) bond motifs is 1. The topological polar surface area (TPSA) is 45.8 Å². The van der Waals surface area contributed by atoms with E-state index in [0.717, 1.165) is 15.4 Å². The summed E-state index contributed by atoms with van der Waals surface area (Å²) in [4.78, 5) is 17.1. The monoisotopic (exact) mass is 258 g/mol. The van der Waals surface area contributed by atoms with Crippen molar-refractivity contribution in [3.63, 3.8) is 0 Å². The van der Waals surface area contributed by atoms with E-state index in [2.05, 4.69) is 25.9 Å². The van der Waals surface area contributed by atoms with Gasteiger partial charge in [0.1, 0.15) is 0 Å². The Hall–Kier alpha value is -0.870. The summed E-state index contributed by atoms with van der Waals surface area (Å²) in [6.07, 6.45) is 1.49. The quantitative estimate of drug-likeness (QED) is 0.789. The zero-order chi connectivity index (χ0) is 9.42. The summed E-state index contributed by atoms with van der Waals surface area (Å²) in [6.45, 7) is 0. The maximum atomic E-state index is 10.9. The predicted molar refractivity (Wildman–Crippen MR) is 55.1 cm³/mol. The molecule has 1 N–H and O–H groups in total. The Morgan fingerprint density at radius 2 is 2.23 bits per heavy atom. The number of benzene rings is 1. The molecule has 2 aromatic rings. The molecular formula is C8H4BrClN2O. The van der Waals surface area contributed by atoms with E-state index >= 15 is 0 Å². The normalized spacial score (nSPS) is 10.6. The molecule has 0 aliphatic carbocycles. The number of nitrogens with one attached hydrogen (secondary N) is 1. The first kappa shape index (κ1) is 8.72. The van der Waals surface area contributed by atoms with E-state index < -0.39 is 0 Å². The molecule has 0 aliphatic heterocycles. The van der Waals surface area contributed by atoms with Gasteiger partial charge in [-0.3, -0.25) is 0 Å². The molecular weight excluding hydrogens is 255 g/mol. The first-order valence-electron chi connectivity index (χ1n) is 3.51. The lowest BCUT2D eigenvalue weighted by Crippen LogP contribution is -2.08. The fraction of sp³-hybridized carbons (Fsp3) is 0. The van der Waals surface area contributed by atoms with Crippen LogP contribution in [0.3, 0.4) is 0 Å². The van der Waals surface area contributed by atoms with Crippen molar-refractivity contribution in [2.45, 2.75) is 0 Å². The molecule has 66 valence electrons. The minimum absolute atomic E-state index is 0.360. The van der Waals surface area contributed by atoms with Crippen molar-refractivity contribution >= 4 is 38.4 Å². The zero-order valence-electron chi connectivity index (χ0n) is 6.34. The fourth-order valence-electron chi connectivity index (χ4n) is 1.05. The number of hydrogen-bond donors (Lipinski definition) is 1. The molecule has 2 rings (SSSR count). The molecule has 5 heteroatoms. The van der Waals surface area contributed by atoms with E-state index in [-0.39, 0.29) is 5.69 Å². The van der Waals surface area contributed by atoms with Crippen LogP contribution in [0.1, 0.15) is 0 Å². The number of nitrogens with zero attached hydrogens (tertiary/aromatic N) is 1. The van der Waals surface area contributed by atoms with Crippen LogP contribution in [-0.4, -0.2) is 9.97 Å². The van der Waals surface area contributed by atoms with Crippen LogP contribution in [0.5, 0.6) is 0 Å². The third-order valence-electron chi connectivity index (χ3n) is 1.65. The summed E-state index contributed by atoms with van der Waals surface area (Å²) in [6, 6.07) is 3.49. The summed E-state index contributed by atoms with van der Waals surface area (Å²) in [7, 11) is 0. The van der Waals surface area contributed by atoms with E-state index in [1.807, 2.05) is 0 Å². The molecule has 0 bridgehead atoms. The number of rotatable bonds is 0. The van der Waals surface area contributed by atoms with Gasteiger partial charge in [0.2, 0.25) is 0 Å². The minimum atomic E-state index is -0.360. The average molecular weight is 259 g/mol. The van der Waals surface area contributed by atoms with E-state index in [9.17, 15) is 4.79 Å². The van der Waals surface area contributed by atoms with Crippen LogP contribution >= 0.6 is 27.5 Å². The van der Waals surface area contributed by atoms with E-state index in [1.54, 1.807) is 12.1 Å². The molecule has 0 saturated carbocycles. The Labute approximate surface area is 86.9 Å². The number of H-pyrrole nitrogens is 1. The number of hydrogen-bond acceptors (Lipinski definition) is 2. The minimum Gasteiger partial charge on any atom is -0.305 e. The van der Waals surface area contributed by atoms with Crippen molar-refractivity contribution in [1.29, 1.82) is 0 Å². The highest BCUT2D eigenvalue weighted by atomic mass is 79.9. The van der Waals surface area contributed by atoms with E-state index in [1.165, 1.54) is 6.20 Å². The number of aromatic nitrogens is 2. The highest BCUT2D eigenvalue weighted by molar-refractivity contribution is 9.10. The van der Waals surface area contributed by atoms with Gasteiger partial charge in [0.15, 0.2) is 0 Å². The van der Waals surface area contributed by atoms with Crippen LogP contribution in [0.4, 0.5) is 0 Å². The predicted octanol–water partition coefficient (Wildman–Crippen LogP) is 2.34. The fourth-order valence-corrected chi connectivity index (χ4v) is 1.57. The van der Waals surface area contributed by atoms with Gasteiger partial charge in [-0.15, -0.1) is 0 Å². The van der Waals surface area contributed by atoms with Crippen molar-refractivity contribution in [2.24, 2.45) is 0 Å². The lowest BCUT2D eigenvalue weighted by molar-refractivity contribution is 1.12. The Kier molecular flexibility index (Phi) is 2.09. The van der Waals surface area contributed by atoms with Gasteiger partial charge < -0.3 is 4.98 Å². The summed E-state index contributed by atoms with van der Waals surface area (Å²) >= 11 is 9.13. The molecule has 0 spiro atoms. The summed E-state index contributed by atoms with van der Waals surface area (Å²) in [5.41, 5.74) is 0.359. The molecule has 0 atom stereocenters. The van der Waals surface area contributed by atoms with Crippen molar-refractivity contribution < 1.29 is 0 Å². The smallest absolute Gasteiger partial charge is 0.305 e. The third kappa shape index (κ3) is 1.59. The second-order valence-corrected chi connectivity index (χ2v) is 3.80. The SMILES string of the molecule is O=c1ncc2cc(Cl)c(Br)cc2[nH]1. The Morgan fingerprint density at radius 1 is 1.46 bits per heavy atom. The Balaban J connectivity index is 2.89. The first-order chi connectivity index (χ1) is 6.16. The maximum absolute atomic E-state index is 10.9. The summed E-state index contributed by atoms with van der Waals surface area (Å²) in [5.74, 6) is 0. The van der Waals surface area contributed by atoms with Gasteiger partial charge in [0.25, 0.3) is 0 Å². The highest BCUT2D eigenvalue weighted by Crippen LogP contribution is 2.25. The molecule has 1 aromatic carbocycles. The molecule has 0 fully saturated rings. The molecule has 13 heavy (non-hydrogen) atoms. The molecule has 0 saturated heterocycles. The van der Waals surface area contributed by atoms with Crippen LogP contribution in [0.15, 0.2) is 27.6 Å². The highest BCUT2D eigenvalue weighted by Gasteiger charge is 2.00. The van der Waals surface area contributed by atoms with Crippen molar-refractivity contribution in [3.8, 4) is 0 Å². The maximum Gasteiger partial charge on any atom is 0.345 e. The van der Waals surface area contributed by atoms with Gasteiger partial charge in [-0.2, -0.15) is 0 Å². The van der Waals surface area contributed by atoms with Gasteiger partial charge in [0.05, 0.1) is 10.5 Å². The molecule has 0 unspecified atom stereocenters. The second-order valence-electron chi connectivity index (χ2n) is 2.54. The van der Waals surface area contributed by atoms with Gasteiger partial charge in [-0.25, -0.2) is 9.78 Å². The van der Waals surface area contributed by atoms with E-state index in [0.29, 0.717) is 5.02 Å². The average Bonchev–Trinajstić information content (AvgIpc) is 2.08. The van der Waals surface area contributed by atoms with Crippen LogP contribution in [0, 0.1) is 0 Å². The van der Waals surface area contributed by atoms with Crippen LogP contribution in [-0.2, 0) is 0 Å². The third-order valence-corrected chi connectivity index (χ3v) is 2.85. The summed E-state index contributed by atoms with van der Waals surface area (Å²) in [5, 5.41) is 1.41. The van der Waals surface area contributed by atoms with Gasteiger partial charge in [-0.1, -0.05) is 11.6 Å². The summed E-state index contributed by atoms with van der Waals surface area (Å²) < 4.78 is 0.753. The van der Waals surface area contributed by atoms with Gasteiger partial charge >= 0.3 is 5.69 Å². The van der Waals surface area contributed by atoms with Gasteiger partial charge in [-0.05, 0) is 28.1 Å². The van der Waals surface area contributed by atoms with Crippen LogP contribution < -0.4 is 5.69 Å². The molecule has 0 aliphatic rings. The second kappa shape index (κ2) is 3.12. The standard InChI is InChI=1S/C8H4BrClN2O/c9-5-2-7-4(1-6(5)10)3-11-8(13)12-7/h1-3H,(H,11,12,13). The van der Waals surface area contributed by atoms with E-state index in [4.69, 9.17) is 11.6 Å². The zero-order valence-corrected chi connectivity index (χ0v) is 8.69. The van der Waals surface area contributed by atoms with Crippen molar-refractivity contribution in [1.82, 2.24) is 9.97 Å². The molecule has 1 heterocycles. The van der Waals surface area contributed by atoms with Gasteiger partial charge in [0, 0.05) is 16.1 Å². The lowest BCUT2D eigenvalue weighted by atomic mass is 10.2. The number of aromatic amines is 1. The molecule has 0 radical (unpaired) electrons. The molecule has 3 nitrogen and oxygen atoms in total. The lowest BCUT2D eigenvalue weighted by Gasteiger charge is -1.99. The molecule has 1 aromatic heterocycles. The van der Waals surface area contributed by atoms with Crippen LogP contribution in [0.25, 0.3) is 10.9 Å². The number of halogens is 2. The van der Waals surface area contributed by atoms with Crippen molar-refractivity contribution in [2.75, 3.05) is 0 Å². The Morgan fingerprint density at radius 3 is 3.00 bits per heavy atom. The van der Waals surface area contributed by atoms with Crippen molar-refractivity contribution in [3.05, 3.63) is 38.3 Å². The molecule has 0 amide bonds. The largest absolute Gasteiger partial charge is 0.345 e. The first-order valence-corrected chi connectivity index (χ1v) is 4.68. The Bertz CT molecular complexity index is 523.